The first-order chi connectivity index (χ1) is 10.4. The average molecular weight is 308 g/mol. The van der Waals surface area contributed by atoms with E-state index in [0.29, 0.717) is 25.9 Å². The number of nitrogens with zero attached hydrogens (tertiary/aromatic N) is 1. The minimum atomic E-state index is -0.442. The van der Waals surface area contributed by atoms with Crippen molar-refractivity contribution in [2.75, 3.05) is 19.7 Å². The number of carbonyl (C=O) groups excluding carboxylic acids is 2. The number of furan rings is 1. The van der Waals surface area contributed by atoms with Gasteiger partial charge in [-0.2, -0.15) is 0 Å². The predicted molar refractivity (Wildman–Crippen MR) is 81.3 cm³/mol. The third kappa shape index (κ3) is 3.88. The van der Waals surface area contributed by atoms with E-state index in [9.17, 15) is 9.59 Å². The topological polar surface area (TPSA) is 82.8 Å². The van der Waals surface area contributed by atoms with Crippen molar-refractivity contribution >= 4 is 11.8 Å². The predicted octanol–water partition coefficient (Wildman–Crippen LogP) is 1.41. The van der Waals surface area contributed by atoms with Crippen LogP contribution in [0.25, 0.3) is 0 Å². The van der Waals surface area contributed by atoms with E-state index in [0.717, 1.165) is 6.42 Å². The summed E-state index contributed by atoms with van der Waals surface area (Å²) in [5.74, 6) is -0.110. The molecule has 6 nitrogen and oxygen atoms in total. The Bertz CT molecular complexity index is 510. The number of aliphatic hydroxyl groups is 1. The Kier molecular flexibility index (Phi) is 5.24. The van der Waals surface area contributed by atoms with E-state index in [2.05, 4.69) is 5.32 Å². The molecule has 22 heavy (non-hydrogen) atoms. The van der Waals surface area contributed by atoms with Crippen LogP contribution >= 0.6 is 0 Å². The molecule has 0 saturated carbocycles. The lowest BCUT2D eigenvalue weighted by Crippen LogP contribution is -2.47. The quantitative estimate of drug-likeness (QED) is 0.832. The highest BCUT2D eigenvalue weighted by atomic mass is 16.3. The van der Waals surface area contributed by atoms with Crippen LogP contribution in [0.2, 0.25) is 0 Å². The summed E-state index contributed by atoms with van der Waals surface area (Å²) in [7, 11) is 0. The Morgan fingerprint density at radius 2 is 2.27 bits per heavy atom. The molecule has 1 aliphatic heterocycles. The highest BCUT2D eigenvalue weighted by molar-refractivity contribution is 5.95. The lowest BCUT2D eigenvalue weighted by Gasteiger charge is -2.27. The Balaban J connectivity index is 1.95. The summed E-state index contributed by atoms with van der Waals surface area (Å²) in [6.45, 7) is 5.12. The minimum Gasteiger partial charge on any atom is -0.459 e. The SMILES string of the molecule is CC(C)(CCO)CNC(=O)C1CCCN1C(=O)c1ccco1. The van der Waals surface area contributed by atoms with Crippen LogP contribution in [0.5, 0.6) is 0 Å². The van der Waals surface area contributed by atoms with Gasteiger partial charge in [-0.3, -0.25) is 9.59 Å². The van der Waals surface area contributed by atoms with Crippen LogP contribution in [0.4, 0.5) is 0 Å². The summed E-state index contributed by atoms with van der Waals surface area (Å²) >= 11 is 0. The van der Waals surface area contributed by atoms with Crippen molar-refractivity contribution in [3.8, 4) is 0 Å². The van der Waals surface area contributed by atoms with E-state index >= 15 is 0 Å². The number of hydrogen-bond acceptors (Lipinski definition) is 4. The van der Waals surface area contributed by atoms with Crippen LogP contribution in [-0.4, -0.2) is 47.6 Å². The van der Waals surface area contributed by atoms with Crippen LogP contribution in [0.3, 0.4) is 0 Å². The Labute approximate surface area is 130 Å². The fourth-order valence-corrected chi connectivity index (χ4v) is 2.66. The molecule has 1 aliphatic rings. The van der Waals surface area contributed by atoms with Crippen LogP contribution in [-0.2, 0) is 4.79 Å². The molecule has 0 aliphatic carbocycles. The summed E-state index contributed by atoms with van der Waals surface area (Å²) in [6, 6.07) is 2.83. The molecule has 1 atom stereocenters. The molecular formula is C16H24N2O4. The second kappa shape index (κ2) is 6.96. The fourth-order valence-electron chi connectivity index (χ4n) is 2.66. The van der Waals surface area contributed by atoms with Crippen molar-refractivity contribution in [1.29, 1.82) is 0 Å². The van der Waals surface area contributed by atoms with Crippen LogP contribution in [0.15, 0.2) is 22.8 Å². The molecule has 2 rings (SSSR count). The van der Waals surface area contributed by atoms with Crippen molar-refractivity contribution in [3.05, 3.63) is 24.2 Å². The largest absolute Gasteiger partial charge is 0.459 e. The molecule has 1 saturated heterocycles. The molecule has 2 amide bonds. The van der Waals surface area contributed by atoms with Crippen molar-refractivity contribution < 1.29 is 19.1 Å². The van der Waals surface area contributed by atoms with Gasteiger partial charge < -0.3 is 19.7 Å². The third-order valence-corrected chi connectivity index (χ3v) is 4.08. The van der Waals surface area contributed by atoms with E-state index in [1.165, 1.54) is 6.26 Å². The lowest BCUT2D eigenvalue weighted by atomic mass is 9.89. The maximum Gasteiger partial charge on any atom is 0.290 e. The monoisotopic (exact) mass is 308 g/mol. The van der Waals surface area contributed by atoms with Gasteiger partial charge in [0.2, 0.25) is 5.91 Å². The van der Waals surface area contributed by atoms with E-state index in [-0.39, 0.29) is 29.6 Å². The Hall–Kier alpha value is -1.82. The molecule has 1 fully saturated rings. The van der Waals surface area contributed by atoms with Gasteiger partial charge in [0, 0.05) is 19.7 Å². The first-order valence-electron chi connectivity index (χ1n) is 7.68. The van der Waals surface area contributed by atoms with Crippen LogP contribution < -0.4 is 5.32 Å². The van der Waals surface area contributed by atoms with E-state index in [1.54, 1.807) is 17.0 Å². The first kappa shape index (κ1) is 16.5. The van der Waals surface area contributed by atoms with Gasteiger partial charge in [0.25, 0.3) is 5.91 Å². The number of rotatable bonds is 6. The second-order valence-corrected chi connectivity index (χ2v) is 6.49. The minimum absolute atomic E-state index is 0.0927. The number of carbonyl (C=O) groups is 2. The van der Waals surface area contributed by atoms with Crippen LogP contribution in [0, 0.1) is 5.41 Å². The second-order valence-electron chi connectivity index (χ2n) is 6.49. The maximum absolute atomic E-state index is 12.4. The lowest BCUT2D eigenvalue weighted by molar-refractivity contribution is -0.125. The number of nitrogens with one attached hydrogen (secondary N) is 1. The van der Waals surface area contributed by atoms with Crippen molar-refractivity contribution in [3.63, 3.8) is 0 Å². The normalized spacial score (nSPS) is 18.5. The van der Waals surface area contributed by atoms with Gasteiger partial charge in [0.1, 0.15) is 6.04 Å². The van der Waals surface area contributed by atoms with E-state index in [1.807, 2.05) is 13.8 Å². The molecular weight excluding hydrogens is 284 g/mol. The zero-order valence-corrected chi connectivity index (χ0v) is 13.2. The molecule has 0 spiro atoms. The molecule has 2 N–H and O–H groups in total. The number of likely N-dealkylation sites (tertiary alicyclic amines) is 1. The molecule has 1 aromatic rings. The van der Waals surface area contributed by atoms with Gasteiger partial charge in [-0.05, 0) is 36.8 Å². The summed E-state index contributed by atoms with van der Waals surface area (Å²) in [6.07, 6.45) is 3.55. The fraction of sp³-hybridized carbons (Fsp3) is 0.625. The van der Waals surface area contributed by atoms with Crippen molar-refractivity contribution in [2.45, 2.75) is 39.2 Å². The van der Waals surface area contributed by atoms with Gasteiger partial charge in [0.05, 0.1) is 6.26 Å². The molecule has 1 aromatic heterocycles. The number of hydrogen-bond donors (Lipinski definition) is 2. The number of aliphatic hydroxyl groups excluding tert-OH is 1. The molecule has 6 heteroatoms. The summed E-state index contributed by atoms with van der Waals surface area (Å²) in [4.78, 5) is 26.3. The maximum atomic E-state index is 12.4. The standard InChI is InChI=1S/C16H24N2O4/c1-16(2,7-9-19)11-17-14(20)12-5-3-8-18(12)15(21)13-6-4-10-22-13/h4,6,10,12,19H,3,5,7-9,11H2,1-2H3,(H,17,20). The molecule has 122 valence electrons. The van der Waals surface area contributed by atoms with Crippen LogP contribution in [0.1, 0.15) is 43.7 Å². The van der Waals surface area contributed by atoms with Gasteiger partial charge in [-0.25, -0.2) is 0 Å². The highest BCUT2D eigenvalue weighted by Crippen LogP contribution is 2.22. The smallest absolute Gasteiger partial charge is 0.290 e. The highest BCUT2D eigenvalue weighted by Gasteiger charge is 2.35. The summed E-state index contributed by atoms with van der Waals surface area (Å²) in [5, 5.41) is 11.9. The Morgan fingerprint density at radius 1 is 1.50 bits per heavy atom. The van der Waals surface area contributed by atoms with Gasteiger partial charge in [-0.1, -0.05) is 13.8 Å². The van der Waals surface area contributed by atoms with Gasteiger partial charge in [0.15, 0.2) is 5.76 Å². The summed E-state index contributed by atoms with van der Waals surface area (Å²) < 4.78 is 5.13. The third-order valence-electron chi connectivity index (χ3n) is 4.08. The molecule has 2 heterocycles. The molecule has 0 bridgehead atoms. The van der Waals surface area contributed by atoms with Crippen molar-refractivity contribution in [2.24, 2.45) is 5.41 Å². The van der Waals surface area contributed by atoms with E-state index in [4.69, 9.17) is 9.52 Å². The first-order valence-corrected chi connectivity index (χ1v) is 7.68. The molecule has 1 unspecified atom stereocenters. The average Bonchev–Trinajstić information content (AvgIpc) is 3.15. The summed E-state index contributed by atoms with van der Waals surface area (Å²) in [5.41, 5.74) is -0.168. The Morgan fingerprint density at radius 3 is 2.91 bits per heavy atom. The van der Waals surface area contributed by atoms with Crippen molar-refractivity contribution in [1.82, 2.24) is 10.2 Å². The van der Waals surface area contributed by atoms with E-state index < -0.39 is 6.04 Å². The van der Waals surface area contributed by atoms with Gasteiger partial charge in [-0.15, -0.1) is 0 Å². The zero-order valence-electron chi connectivity index (χ0n) is 13.2. The molecule has 0 aromatic carbocycles. The number of amides is 2. The zero-order chi connectivity index (χ0) is 16.2. The molecule has 0 radical (unpaired) electrons. The van der Waals surface area contributed by atoms with Gasteiger partial charge >= 0.3 is 0 Å².